The smallest absolute Gasteiger partial charge is 0.433 e. The number of urea groups is 1. The van der Waals surface area contributed by atoms with Crippen LogP contribution in [0.3, 0.4) is 0 Å². The van der Waals surface area contributed by atoms with Gasteiger partial charge in [0.15, 0.2) is 5.69 Å². The molecule has 0 bridgehead atoms. The number of hydrogen-bond acceptors (Lipinski definition) is 5. The van der Waals surface area contributed by atoms with Crippen LogP contribution in [0.4, 0.5) is 23.7 Å². The van der Waals surface area contributed by atoms with E-state index in [0.717, 1.165) is 18.0 Å². The van der Waals surface area contributed by atoms with Gasteiger partial charge in [-0.05, 0) is 42.5 Å². The van der Waals surface area contributed by atoms with Crippen LogP contribution < -0.4 is 9.64 Å². The number of nitrogens with zero attached hydrogens (tertiary/aromatic N) is 5. The molecular weight excluding hydrogens is 463 g/mol. The van der Waals surface area contributed by atoms with Gasteiger partial charge in [0.05, 0.1) is 6.54 Å². The first-order valence-corrected chi connectivity index (χ1v) is 11.6. The number of piperidine rings is 1. The number of amides is 3. The molecule has 188 valence electrons. The van der Waals surface area contributed by atoms with Crippen LogP contribution in [-0.2, 0) is 11.0 Å². The van der Waals surface area contributed by atoms with E-state index in [0.29, 0.717) is 38.4 Å². The molecule has 1 aromatic carbocycles. The Kier molecular flexibility index (Phi) is 7.13. The predicted molar refractivity (Wildman–Crippen MR) is 122 cm³/mol. The second kappa shape index (κ2) is 10.1. The maximum atomic E-state index is 12.9. The van der Waals surface area contributed by atoms with Gasteiger partial charge in [0.2, 0.25) is 5.91 Å². The largest absolute Gasteiger partial charge is 0.458 e. The van der Waals surface area contributed by atoms with Gasteiger partial charge in [0.25, 0.3) is 0 Å². The third kappa shape index (κ3) is 5.83. The minimum Gasteiger partial charge on any atom is -0.458 e. The normalized spacial score (nSPS) is 19.0. The molecule has 2 saturated heterocycles. The van der Waals surface area contributed by atoms with E-state index in [9.17, 15) is 22.8 Å². The lowest BCUT2D eigenvalue weighted by molar-refractivity contribution is -0.141. The number of aromatic nitrogens is 2. The highest BCUT2D eigenvalue weighted by Gasteiger charge is 2.35. The third-order valence-corrected chi connectivity index (χ3v) is 6.22. The van der Waals surface area contributed by atoms with Crippen molar-refractivity contribution < 1.29 is 27.5 Å². The van der Waals surface area contributed by atoms with Crippen molar-refractivity contribution in [3.05, 3.63) is 47.8 Å². The fraction of sp³-hybridized carbons (Fsp3) is 0.500. The topological polar surface area (TPSA) is 78.9 Å². The van der Waals surface area contributed by atoms with Crippen LogP contribution in [0.1, 0.15) is 43.9 Å². The summed E-state index contributed by atoms with van der Waals surface area (Å²) in [5.41, 5.74) is 0.897. The number of halogens is 3. The Morgan fingerprint density at radius 1 is 1.14 bits per heavy atom. The molecule has 0 radical (unpaired) electrons. The molecule has 2 fully saturated rings. The summed E-state index contributed by atoms with van der Waals surface area (Å²) in [6.45, 7) is 5.75. The zero-order valence-electron chi connectivity index (χ0n) is 19.7. The van der Waals surface area contributed by atoms with Crippen molar-refractivity contribution in [2.45, 2.75) is 44.9 Å². The zero-order chi connectivity index (χ0) is 25.2. The van der Waals surface area contributed by atoms with E-state index in [1.807, 2.05) is 24.3 Å². The molecule has 0 aliphatic carbocycles. The van der Waals surface area contributed by atoms with Crippen molar-refractivity contribution in [1.29, 1.82) is 0 Å². The Hall–Kier alpha value is -3.37. The van der Waals surface area contributed by atoms with Crippen LogP contribution in [0.5, 0.6) is 6.01 Å². The van der Waals surface area contributed by atoms with Crippen LogP contribution >= 0.6 is 0 Å². The summed E-state index contributed by atoms with van der Waals surface area (Å²) in [6.07, 6.45) is -2.94. The molecule has 0 saturated carbocycles. The summed E-state index contributed by atoms with van der Waals surface area (Å²) in [6, 6.07) is 8.03. The molecule has 0 spiro atoms. The monoisotopic (exact) mass is 491 g/mol. The number of rotatable bonds is 6. The quantitative estimate of drug-likeness (QED) is 0.612. The average Bonchev–Trinajstić information content (AvgIpc) is 3.18. The van der Waals surface area contributed by atoms with E-state index in [4.69, 9.17) is 4.74 Å². The summed E-state index contributed by atoms with van der Waals surface area (Å²) >= 11 is 0. The fourth-order valence-electron chi connectivity index (χ4n) is 4.24. The van der Waals surface area contributed by atoms with Crippen molar-refractivity contribution in [3.8, 4) is 6.01 Å². The molecule has 2 aliphatic rings. The highest BCUT2D eigenvalue weighted by molar-refractivity contribution is 5.96. The molecule has 1 atom stereocenters. The van der Waals surface area contributed by atoms with Gasteiger partial charge in [-0.1, -0.05) is 26.0 Å². The van der Waals surface area contributed by atoms with Gasteiger partial charge in [-0.25, -0.2) is 9.78 Å². The van der Waals surface area contributed by atoms with Crippen LogP contribution in [0.2, 0.25) is 0 Å². The van der Waals surface area contributed by atoms with Crippen molar-refractivity contribution in [2.24, 2.45) is 0 Å². The number of likely N-dealkylation sites (tertiary alicyclic amines) is 1. The number of ether oxygens (including phenoxy) is 1. The van der Waals surface area contributed by atoms with Crippen molar-refractivity contribution in [3.63, 3.8) is 0 Å². The molecule has 8 nitrogen and oxygen atoms in total. The van der Waals surface area contributed by atoms with Gasteiger partial charge < -0.3 is 14.5 Å². The molecule has 3 amide bonds. The van der Waals surface area contributed by atoms with Crippen LogP contribution in [-0.4, -0.2) is 70.5 Å². The van der Waals surface area contributed by atoms with Crippen LogP contribution in [0, 0.1) is 0 Å². The number of carbonyl (C=O) groups is 2. The second-order valence-electron chi connectivity index (χ2n) is 9.05. The standard InChI is InChI=1S/C24H28F3N5O3/c1-16(2)17-5-7-18(8-6-17)32-13-12-31(23(32)34)15-21(33)30-11-3-4-19(14-30)35-22-28-10-9-20(29-22)24(25,26)27/h5-10,16,19H,3-4,11-15H2,1-2H3. The molecular formula is C24H28F3N5O3. The van der Waals surface area contributed by atoms with Gasteiger partial charge in [0, 0.05) is 31.5 Å². The first kappa shape index (κ1) is 24.7. The highest BCUT2D eigenvalue weighted by Crippen LogP contribution is 2.28. The van der Waals surface area contributed by atoms with Gasteiger partial charge in [-0.3, -0.25) is 9.69 Å². The predicted octanol–water partition coefficient (Wildman–Crippen LogP) is 3.93. The molecule has 11 heteroatoms. The Morgan fingerprint density at radius 2 is 1.89 bits per heavy atom. The van der Waals surface area contributed by atoms with Gasteiger partial charge >= 0.3 is 18.2 Å². The second-order valence-corrected chi connectivity index (χ2v) is 9.05. The Bertz CT molecular complexity index is 1060. The van der Waals surface area contributed by atoms with Crippen molar-refractivity contribution in [1.82, 2.24) is 19.8 Å². The molecule has 4 rings (SSSR count). The van der Waals surface area contributed by atoms with Gasteiger partial charge in [-0.2, -0.15) is 18.2 Å². The summed E-state index contributed by atoms with van der Waals surface area (Å²) in [5.74, 6) is 0.165. The average molecular weight is 492 g/mol. The first-order valence-electron chi connectivity index (χ1n) is 11.6. The Balaban J connectivity index is 1.33. The van der Waals surface area contributed by atoms with Crippen molar-refractivity contribution >= 4 is 17.6 Å². The van der Waals surface area contributed by atoms with Gasteiger partial charge in [-0.15, -0.1) is 0 Å². The molecule has 2 aromatic rings. The third-order valence-electron chi connectivity index (χ3n) is 6.22. The molecule has 0 N–H and O–H groups in total. The maximum absolute atomic E-state index is 12.9. The lowest BCUT2D eigenvalue weighted by atomic mass is 10.0. The summed E-state index contributed by atoms with van der Waals surface area (Å²) in [4.78, 5) is 37.8. The number of alkyl halides is 3. The van der Waals surface area contributed by atoms with E-state index in [1.165, 1.54) is 10.5 Å². The fourth-order valence-corrected chi connectivity index (χ4v) is 4.24. The Morgan fingerprint density at radius 3 is 2.57 bits per heavy atom. The zero-order valence-corrected chi connectivity index (χ0v) is 19.7. The molecule has 1 unspecified atom stereocenters. The lowest BCUT2D eigenvalue weighted by Crippen LogP contribution is -2.48. The lowest BCUT2D eigenvalue weighted by Gasteiger charge is -2.33. The van der Waals surface area contributed by atoms with Crippen LogP contribution in [0.25, 0.3) is 0 Å². The van der Waals surface area contributed by atoms with E-state index in [2.05, 4.69) is 23.8 Å². The number of benzene rings is 1. The minimum absolute atomic E-state index is 0.0633. The van der Waals surface area contributed by atoms with Crippen LogP contribution in [0.15, 0.2) is 36.5 Å². The maximum Gasteiger partial charge on any atom is 0.433 e. The summed E-state index contributed by atoms with van der Waals surface area (Å²) in [5, 5.41) is 0. The molecule has 2 aliphatic heterocycles. The number of anilines is 1. The highest BCUT2D eigenvalue weighted by atomic mass is 19.4. The minimum atomic E-state index is -4.60. The molecule has 35 heavy (non-hydrogen) atoms. The number of carbonyl (C=O) groups excluding carboxylic acids is 2. The molecule has 1 aromatic heterocycles. The SMILES string of the molecule is CC(C)c1ccc(N2CCN(CC(=O)N3CCCC(Oc4nccc(C(F)(F)F)n4)C3)C2=O)cc1. The summed E-state index contributed by atoms with van der Waals surface area (Å²) < 4.78 is 44.2. The Labute approximate surface area is 201 Å². The van der Waals surface area contributed by atoms with E-state index in [-0.39, 0.29) is 31.0 Å². The molecule has 3 heterocycles. The van der Waals surface area contributed by atoms with E-state index in [1.54, 1.807) is 9.80 Å². The first-order chi connectivity index (χ1) is 16.6. The summed E-state index contributed by atoms with van der Waals surface area (Å²) in [7, 11) is 0. The van der Waals surface area contributed by atoms with E-state index < -0.39 is 18.0 Å². The van der Waals surface area contributed by atoms with Gasteiger partial charge in [0.1, 0.15) is 12.6 Å². The van der Waals surface area contributed by atoms with Crippen molar-refractivity contribution in [2.75, 3.05) is 37.6 Å². The number of hydrogen-bond donors (Lipinski definition) is 0. The van der Waals surface area contributed by atoms with E-state index >= 15 is 0 Å².